The molecule has 7 nitrogen and oxygen atoms in total. The van der Waals surface area contributed by atoms with Crippen LogP contribution in [0.3, 0.4) is 0 Å². The molecule has 3 heterocycles. The molecule has 3 aromatic rings. The largest absolute Gasteiger partial charge is 0.348 e. The van der Waals surface area contributed by atoms with Crippen LogP contribution in [0.15, 0.2) is 17.1 Å². The number of aromatic nitrogens is 4. The third kappa shape index (κ3) is 3.54. The highest BCUT2D eigenvalue weighted by atomic mass is 35.5. The number of nitrogens with one attached hydrogen (secondary N) is 2. The minimum atomic E-state index is -0.269. The molecular weight excluding hydrogens is 378 g/mol. The lowest BCUT2D eigenvalue weighted by molar-refractivity contribution is 0.0951. The standard InChI is InChI=1S/C20H24ClN5O2/c1-6-12(4)26-13(5)16(15-9-23-20(21)25-17(15)26)19(28)22-8-14-10(2)7-11(3)24-18(14)27/h7,9,12H,6,8H2,1-5H3,(H,22,28)(H,24,27)/t12-/m1/s1. The van der Waals surface area contributed by atoms with E-state index in [1.165, 1.54) is 0 Å². The van der Waals surface area contributed by atoms with Gasteiger partial charge in [-0.1, -0.05) is 6.92 Å². The molecule has 0 fully saturated rings. The molecule has 0 aliphatic heterocycles. The van der Waals surface area contributed by atoms with Crippen LogP contribution in [0.2, 0.25) is 5.28 Å². The molecule has 0 radical (unpaired) electrons. The van der Waals surface area contributed by atoms with Gasteiger partial charge >= 0.3 is 0 Å². The van der Waals surface area contributed by atoms with Crippen molar-refractivity contribution in [3.63, 3.8) is 0 Å². The summed E-state index contributed by atoms with van der Waals surface area (Å²) in [6.07, 6.45) is 2.46. The van der Waals surface area contributed by atoms with Gasteiger partial charge in [0.1, 0.15) is 5.65 Å². The van der Waals surface area contributed by atoms with E-state index in [4.69, 9.17) is 11.6 Å². The molecule has 0 saturated heterocycles. The van der Waals surface area contributed by atoms with Crippen molar-refractivity contribution in [2.75, 3.05) is 0 Å². The van der Waals surface area contributed by atoms with Crippen molar-refractivity contribution in [1.82, 2.24) is 24.8 Å². The van der Waals surface area contributed by atoms with Gasteiger partial charge in [-0.05, 0) is 57.3 Å². The normalized spacial score (nSPS) is 12.4. The average molecular weight is 402 g/mol. The summed E-state index contributed by atoms with van der Waals surface area (Å²) in [5.41, 5.74) is 3.94. The number of aryl methyl sites for hydroxylation is 2. The smallest absolute Gasteiger partial charge is 0.254 e. The van der Waals surface area contributed by atoms with E-state index in [0.29, 0.717) is 22.2 Å². The van der Waals surface area contributed by atoms with Crippen molar-refractivity contribution in [3.8, 4) is 0 Å². The molecule has 3 aromatic heterocycles. The molecular formula is C20H24ClN5O2. The highest BCUT2D eigenvalue weighted by molar-refractivity contribution is 6.28. The molecule has 0 aliphatic rings. The fraction of sp³-hybridized carbons (Fsp3) is 0.400. The minimum absolute atomic E-state index is 0.142. The number of H-pyrrole nitrogens is 1. The number of fused-ring (bicyclic) bond motifs is 1. The molecule has 28 heavy (non-hydrogen) atoms. The van der Waals surface area contributed by atoms with Crippen molar-refractivity contribution in [1.29, 1.82) is 0 Å². The van der Waals surface area contributed by atoms with Crippen molar-refractivity contribution < 1.29 is 4.79 Å². The highest BCUT2D eigenvalue weighted by Crippen LogP contribution is 2.29. The average Bonchev–Trinajstić information content (AvgIpc) is 2.91. The Kier molecular flexibility index (Phi) is 5.56. The van der Waals surface area contributed by atoms with Crippen molar-refractivity contribution in [2.24, 2.45) is 0 Å². The molecule has 1 amide bonds. The van der Waals surface area contributed by atoms with E-state index in [9.17, 15) is 9.59 Å². The predicted molar refractivity (Wildman–Crippen MR) is 110 cm³/mol. The quantitative estimate of drug-likeness (QED) is 0.639. The van der Waals surface area contributed by atoms with Crippen LogP contribution in [0.1, 0.15) is 59.2 Å². The van der Waals surface area contributed by atoms with Crippen molar-refractivity contribution >= 4 is 28.5 Å². The first kappa shape index (κ1) is 20.1. The molecule has 0 bridgehead atoms. The summed E-state index contributed by atoms with van der Waals surface area (Å²) >= 11 is 5.99. The van der Waals surface area contributed by atoms with Crippen LogP contribution < -0.4 is 10.9 Å². The van der Waals surface area contributed by atoms with Crippen LogP contribution >= 0.6 is 11.6 Å². The summed E-state index contributed by atoms with van der Waals surface area (Å²) < 4.78 is 2.02. The van der Waals surface area contributed by atoms with Gasteiger partial charge < -0.3 is 14.9 Å². The second-order valence-corrected chi connectivity index (χ2v) is 7.43. The molecule has 0 unspecified atom stereocenters. The first-order valence-electron chi connectivity index (χ1n) is 9.25. The molecule has 8 heteroatoms. The molecule has 0 aromatic carbocycles. The number of nitrogens with zero attached hydrogens (tertiary/aromatic N) is 3. The van der Waals surface area contributed by atoms with Crippen molar-refractivity contribution in [2.45, 2.75) is 53.6 Å². The molecule has 0 spiro atoms. The zero-order chi connectivity index (χ0) is 20.6. The lowest BCUT2D eigenvalue weighted by Gasteiger charge is -2.15. The number of amides is 1. The Morgan fingerprint density at radius 2 is 2.07 bits per heavy atom. The van der Waals surface area contributed by atoms with Crippen LogP contribution in [0.5, 0.6) is 0 Å². The Bertz CT molecular complexity index is 1120. The summed E-state index contributed by atoms with van der Waals surface area (Å²) in [4.78, 5) is 36.4. The number of rotatable bonds is 5. The van der Waals surface area contributed by atoms with Gasteiger partial charge in [0.15, 0.2) is 0 Å². The predicted octanol–water partition coefficient (Wildman–Crippen LogP) is 3.60. The highest BCUT2D eigenvalue weighted by Gasteiger charge is 2.23. The van der Waals surface area contributed by atoms with Crippen LogP contribution in [-0.4, -0.2) is 25.4 Å². The number of carbonyl (C=O) groups excluding carboxylic acids is 1. The second kappa shape index (κ2) is 7.75. The topological polar surface area (TPSA) is 92.7 Å². The summed E-state index contributed by atoms with van der Waals surface area (Å²) in [6, 6.07) is 2.04. The fourth-order valence-corrected chi connectivity index (χ4v) is 3.68. The van der Waals surface area contributed by atoms with Gasteiger partial charge in [0.25, 0.3) is 11.5 Å². The Labute approximate surface area is 168 Å². The van der Waals surface area contributed by atoms with Gasteiger partial charge in [-0.3, -0.25) is 9.59 Å². The maximum atomic E-state index is 13.0. The number of pyridine rings is 1. The van der Waals surface area contributed by atoms with Crippen LogP contribution in [-0.2, 0) is 6.54 Å². The van der Waals surface area contributed by atoms with Crippen molar-refractivity contribution in [3.05, 3.63) is 56.0 Å². The number of halogens is 1. The molecule has 2 N–H and O–H groups in total. The first-order valence-corrected chi connectivity index (χ1v) is 9.63. The zero-order valence-corrected chi connectivity index (χ0v) is 17.4. The van der Waals surface area contributed by atoms with Crippen LogP contribution in [0, 0.1) is 20.8 Å². The summed E-state index contributed by atoms with van der Waals surface area (Å²) in [6.45, 7) is 9.86. The Balaban J connectivity index is 2.01. The number of hydrogen-bond acceptors (Lipinski definition) is 4. The third-order valence-corrected chi connectivity index (χ3v) is 5.32. The van der Waals surface area contributed by atoms with E-state index < -0.39 is 0 Å². The van der Waals surface area contributed by atoms with Crippen LogP contribution in [0.4, 0.5) is 0 Å². The minimum Gasteiger partial charge on any atom is -0.348 e. The Morgan fingerprint density at radius 3 is 2.71 bits per heavy atom. The molecule has 1 atom stereocenters. The Hall–Kier alpha value is -2.67. The van der Waals surface area contributed by atoms with E-state index in [1.807, 2.05) is 31.4 Å². The molecule has 0 aliphatic carbocycles. The van der Waals surface area contributed by atoms with E-state index >= 15 is 0 Å². The number of carbonyl (C=O) groups is 1. The summed E-state index contributed by atoms with van der Waals surface area (Å²) in [7, 11) is 0. The lowest BCUT2D eigenvalue weighted by Crippen LogP contribution is -2.28. The monoisotopic (exact) mass is 401 g/mol. The van der Waals surface area contributed by atoms with Gasteiger partial charge in [-0.2, -0.15) is 4.98 Å². The van der Waals surface area contributed by atoms with E-state index in [0.717, 1.165) is 23.4 Å². The Morgan fingerprint density at radius 1 is 1.36 bits per heavy atom. The van der Waals surface area contributed by atoms with Gasteiger partial charge in [0.05, 0.1) is 10.9 Å². The lowest BCUT2D eigenvalue weighted by atomic mass is 10.1. The fourth-order valence-electron chi connectivity index (χ4n) is 3.55. The van der Waals surface area contributed by atoms with Gasteiger partial charge in [0, 0.05) is 35.7 Å². The maximum Gasteiger partial charge on any atom is 0.254 e. The van der Waals surface area contributed by atoms with E-state index in [2.05, 4.69) is 34.1 Å². The van der Waals surface area contributed by atoms with Crippen LogP contribution in [0.25, 0.3) is 11.0 Å². The second-order valence-electron chi connectivity index (χ2n) is 7.09. The van der Waals surface area contributed by atoms with E-state index in [-0.39, 0.29) is 29.3 Å². The first-order chi connectivity index (χ1) is 13.2. The van der Waals surface area contributed by atoms with Gasteiger partial charge in [-0.25, -0.2) is 4.98 Å². The molecule has 3 rings (SSSR count). The summed E-state index contributed by atoms with van der Waals surface area (Å²) in [5, 5.41) is 3.66. The van der Waals surface area contributed by atoms with Gasteiger partial charge in [-0.15, -0.1) is 0 Å². The maximum absolute atomic E-state index is 13.0. The summed E-state index contributed by atoms with van der Waals surface area (Å²) in [5.74, 6) is -0.269. The zero-order valence-electron chi connectivity index (χ0n) is 16.7. The van der Waals surface area contributed by atoms with E-state index in [1.54, 1.807) is 6.20 Å². The number of hydrogen-bond donors (Lipinski definition) is 2. The SMILES string of the molecule is CC[C@@H](C)n1c(C)c(C(=O)NCc2c(C)cc(C)[nH]c2=O)c2cnc(Cl)nc21. The van der Waals surface area contributed by atoms with Gasteiger partial charge in [0.2, 0.25) is 5.28 Å². The third-order valence-electron chi connectivity index (χ3n) is 5.14. The molecule has 148 valence electrons. The number of aromatic amines is 1. The molecule has 0 saturated carbocycles.